The predicted molar refractivity (Wildman–Crippen MR) is 197 cm³/mol. The van der Waals surface area contributed by atoms with Gasteiger partial charge in [0.2, 0.25) is 16.7 Å². The predicted octanol–water partition coefficient (Wildman–Crippen LogP) is 11.9. The van der Waals surface area contributed by atoms with E-state index in [2.05, 4.69) is 106 Å². The average molecular weight is 635 g/mol. The fraction of sp³-hybridized carbons (Fsp3) is 0.500. The van der Waals surface area contributed by atoms with Crippen molar-refractivity contribution in [1.29, 1.82) is 0 Å². The molecule has 246 valence electrons. The third-order valence-corrected chi connectivity index (χ3v) is 14.4. The van der Waals surface area contributed by atoms with E-state index in [0.717, 1.165) is 29.1 Å². The SMILES string of the molecule is Cc1ccc2c(ccc3[n+]2C2(c4ccc5c(c4-3)C(C)(C)c3c-5oc4ccccc34)C(C3CCCCC3)C(C(C)C)C2C2CCCCC2)c1. The largest absolute Gasteiger partial charge is 0.456 e. The van der Waals surface area contributed by atoms with E-state index >= 15 is 0 Å². The minimum absolute atomic E-state index is 0.00467. The quantitative estimate of drug-likeness (QED) is 0.180. The second kappa shape index (κ2) is 10.3. The Hall–Kier alpha value is -3.39. The lowest BCUT2D eigenvalue weighted by Crippen LogP contribution is -2.77. The highest BCUT2D eigenvalue weighted by Crippen LogP contribution is 2.70. The van der Waals surface area contributed by atoms with Crippen LogP contribution in [0, 0.1) is 42.4 Å². The summed E-state index contributed by atoms with van der Waals surface area (Å²) in [7, 11) is 0. The summed E-state index contributed by atoms with van der Waals surface area (Å²) in [6, 6.07) is 26.1. The van der Waals surface area contributed by atoms with Crippen molar-refractivity contribution in [3.05, 3.63) is 89.0 Å². The van der Waals surface area contributed by atoms with Crippen LogP contribution in [0.25, 0.3) is 44.5 Å². The van der Waals surface area contributed by atoms with E-state index < -0.39 is 0 Å². The third kappa shape index (κ3) is 3.63. The van der Waals surface area contributed by atoms with Crippen LogP contribution in [0.1, 0.15) is 114 Å². The number of hydrogen-bond donors (Lipinski definition) is 0. The fourth-order valence-corrected chi connectivity index (χ4v) is 12.9. The molecule has 2 aromatic heterocycles. The molecule has 1 aliphatic heterocycles. The molecule has 2 nitrogen and oxygen atoms in total. The summed E-state index contributed by atoms with van der Waals surface area (Å²) >= 11 is 0. The minimum Gasteiger partial charge on any atom is -0.456 e. The number of para-hydroxylation sites is 1. The number of aryl methyl sites for hydroxylation is 1. The van der Waals surface area contributed by atoms with Crippen LogP contribution >= 0.6 is 0 Å². The van der Waals surface area contributed by atoms with Gasteiger partial charge in [-0.15, -0.1) is 0 Å². The van der Waals surface area contributed by atoms with Crippen molar-refractivity contribution in [3.8, 4) is 22.6 Å². The van der Waals surface area contributed by atoms with Crippen LogP contribution in [-0.2, 0) is 11.0 Å². The molecule has 3 fully saturated rings. The Morgan fingerprint density at radius 2 is 1.44 bits per heavy atom. The van der Waals surface area contributed by atoms with E-state index in [0.29, 0.717) is 17.8 Å². The van der Waals surface area contributed by atoms with Gasteiger partial charge in [-0.25, -0.2) is 0 Å². The maximum atomic E-state index is 6.77. The Kier molecular flexibility index (Phi) is 6.34. The molecule has 3 heterocycles. The van der Waals surface area contributed by atoms with Crippen molar-refractivity contribution in [2.75, 3.05) is 0 Å². The Morgan fingerprint density at radius 1 is 0.750 bits per heavy atom. The van der Waals surface area contributed by atoms with Gasteiger partial charge in [0.1, 0.15) is 11.3 Å². The number of rotatable bonds is 3. The molecule has 3 aromatic carbocycles. The van der Waals surface area contributed by atoms with Gasteiger partial charge < -0.3 is 4.42 Å². The molecule has 10 rings (SSSR count). The standard InChI is InChI=1S/C46H52NO/c1-27(2)38-40(29-14-8-6-9-15-29)46(41(38)30-16-10-7-11-17-30)34-23-22-33-42(45(4,5)43-32-18-12-13-19-37(32)48-44(33)43)39(34)36-25-21-31-26-28(3)20-24-35(31)47(36)46/h12-13,18-27,29-30,38,40-41H,6-11,14-17H2,1-5H3/q+1. The number of fused-ring (bicyclic) bond motifs is 13. The number of hydrogen-bond acceptors (Lipinski definition) is 1. The molecule has 0 saturated heterocycles. The molecule has 2 heteroatoms. The maximum absolute atomic E-state index is 6.77. The molecule has 0 N–H and O–H groups in total. The molecule has 48 heavy (non-hydrogen) atoms. The molecular formula is C46H52NO+. The Balaban J connectivity index is 1.32. The van der Waals surface area contributed by atoms with Crippen LogP contribution in [0.15, 0.2) is 71.1 Å². The van der Waals surface area contributed by atoms with Gasteiger partial charge in [0.15, 0.2) is 0 Å². The second-order valence-corrected chi connectivity index (χ2v) is 17.4. The number of pyridine rings is 1. The van der Waals surface area contributed by atoms with Crippen LogP contribution in [0.4, 0.5) is 0 Å². The normalized spacial score (nSPS) is 27.8. The molecule has 0 amide bonds. The zero-order valence-corrected chi connectivity index (χ0v) is 29.7. The zero-order valence-electron chi connectivity index (χ0n) is 29.7. The lowest BCUT2D eigenvalue weighted by Gasteiger charge is -2.63. The van der Waals surface area contributed by atoms with Crippen molar-refractivity contribution in [1.82, 2.24) is 0 Å². The van der Waals surface area contributed by atoms with Gasteiger partial charge in [-0.3, -0.25) is 0 Å². The highest BCUT2D eigenvalue weighted by Gasteiger charge is 2.76. The molecule has 1 spiro atoms. The molecule has 5 aromatic rings. The summed E-state index contributed by atoms with van der Waals surface area (Å²) in [4.78, 5) is 0. The van der Waals surface area contributed by atoms with Crippen molar-refractivity contribution in [2.24, 2.45) is 35.5 Å². The van der Waals surface area contributed by atoms with Crippen molar-refractivity contribution < 1.29 is 8.98 Å². The lowest BCUT2D eigenvalue weighted by molar-refractivity contribution is -0.758. The summed E-state index contributed by atoms with van der Waals surface area (Å²) in [5.74, 6) is 5.48. The molecule has 0 radical (unpaired) electrons. The second-order valence-electron chi connectivity index (χ2n) is 17.4. The van der Waals surface area contributed by atoms with Crippen LogP contribution in [0.5, 0.6) is 0 Å². The first kappa shape index (κ1) is 29.5. The molecular weight excluding hydrogens is 583 g/mol. The van der Waals surface area contributed by atoms with E-state index in [4.69, 9.17) is 4.42 Å². The van der Waals surface area contributed by atoms with Crippen molar-refractivity contribution >= 4 is 21.9 Å². The van der Waals surface area contributed by atoms with Crippen molar-refractivity contribution in [3.63, 3.8) is 0 Å². The minimum atomic E-state index is -0.157. The Morgan fingerprint density at radius 3 is 2.12 bits per heavy atom. The molecule has 3 saturated carbocycles. The summed E-state index contributed by atoms with van der Waals surface area (Å²) in [5.41, 5.74) is 12.5. The van der Waals surface area contributed by atoms with Gasteiger partial charge in [-0.05, 0) is 80.0 Å². The van der Waals surface area contributed by atoms with Gasteiger partial charge in [-0.2, -0.15) is 4.57 Å². The van der Waals surface area contributed by atoms with E-state index in [-0.39, 0.29) is 11.0 Å². The summed E-state index contributed by atoms with van der Waals surface area (Å²) < 4.78 is 9.77. The first-order valence-corrected chi connectivity index (χ1v) is 19.5. The Labute approximate surface area is 286 Å². The van der Waals surface area contributed by atoms with E-state index in [1.807, 2.05) is 0 Å². The van der Waals surface area contributed by atoms with Crippen LogP contribution in [0.3, 0.4) is 0 Å². The zero-order chi connectivity index (χ0) is 32.5. The van der Waals surface area contributed by atoms with E-state index in [1.54, 1.807) is 11.1 Å². The molecule has 4 aliphatic carbocycles. The van der Waals surface area contributed by atoms with Crippen LogP contribution in [0.2, 0.25) is 0 Å². The molecule has 5 aliphatic rings. The van der Waals surface area contributed by atoms with Gasteiger partial charge in [0, 0.05) is 56.8 Å². The molecule has 0 bridgehead atoms. The topological polar surface area (TPSA) is 17.0 Å². The maximum Gasteiger partial charge on any atom is 0.214 e. The van der Waals surface area contributed by atoms with Gasteiger partial charge >= 0.3 is 0 Å². The lowest BCUT2D eigenvalue weighted by atomic mass is 9.39. The monoisotopic (exact) mass is 634 g/mol. The van der Waals surface area contributed by atoms with Gasteiger partial charge in [-0.1, -0.05) is 108 Å². The summed E-state index contributed by atoms with van der Waals surface area (Å²) in [6.07, 6.45) is 14.0. The van der Waals surface area contributed by atoms with E-state index in [9.17, 15) is 0 Å². The first-order chi connectivity index (χ1) is 23.3. The average Bonchev–Trinajstić information content (AvgIpc) is 3.70. The smallest absolute Gasteiger partial charge is 0.214 e. The van der Waals surface area contributed by atoms with E-state index in [1.165, 1.54) is 108 Å². The number of aromatic nitrogens is 1. The fourth-order valence-electron chi connectivity index (χ4n) is 12.9. The molecule has 2 atom stereocenters. The number of benzene rings is 3. The number of furan rings is 1. The van der Waals surface area contributed by atoms with Crippen LogP contribution < -0.4 is 4.57 Å². The number of nitrogens with zero attached hydrogens (tertiary/aromatic N) is 1. The van der Waals surface area contributed by atoms with Gasteiger partial charge in [0.05, 0.1) is 5.56 Å². The highest BCUT2D eigenvalue weighted by molar-refractivity contribution is 5.98. The summed E-state index contributed by atoms with van der Waals surface area (Å²) in [6.45, 7) is 12.4. The Bertz CT molecular complexity index is 2070. The first-order valence-electron chi connectivity index (χ1n) is 19.5. The van der Waals surface area contributed by atoms with Gasteiger partial charge in [0.25, 0.3) is 0 Å². The highest BCUT2D eigenvalue weighted by atomic mass is 16.3. The van der Waals surface area contributed by atoms with Crippen molar-refractivity contribution in [2.45, 2.75) is 110 Å². The van der Waals surface area contributed by atoms with Crippen LogP contribution in [-0.4, -0.2) is 0 Å². The molecule has 2 unspecified atom stereocenters. The summed E-state index contributed by atoms with van der Waals surface area (Å²) in [5, 5.41) is 2.68. The third-order valence-electron chi connectivity index (χ3n) is 14.4.